The van der Waals surface area contributed by atoms with Gasteiger partial charge in [-0.15, -0.1) is 10.2 Å². The summed E-state index contributed by atoms with van der Waals surface area (Å²) in [6, 6.07) is 3.95. The van der Waals surface area contributed by atoms with Crippen LogP contribution in [0.4, 0.5) is 5.95 Å². The molecule has 0 spiro atoms. The molecule has 126 valence electrons. The second-order valence-electron chi connectivity index (χ2n) is 5.96. The van der Waals surface area contributed by atoms with Crippen molar-refractivity contribution in [2.24, 2.45) is 5.92 Å². The zero-order chi connectivity index (χ0) is 16.1. The summed E-state index contributed by atoms with van der Waals surface area (Å²) in [5.41, 5.74) is 0. The van der Waals surface area contributed by atoms with Crippen LogP contribution >= 0.6 is 23.5 Å². The van der Waals surface area contributed by atoms with Gasteiger partial charge in [-0.2, -0.15) is 11.8 Å². The molecule has 0 saturated carbocycles. The number of piperidine rings is 1. The number of hydrogen-bond donors (Lipinski definition) is 0. The van der Waals surface area contributed by atoms with Crippen molar-refractivity contribution in [2.45, 2.75) is 31.5 Å². The van der Waals surface area contributed by atoms with Crippen LogP contribution in [-0.2, 0) is 6.54 Å². The minimum atomic E-state index is 0.697. The van der Waals surface area contributed by atoms with Crippen molar-refractivity contribution in [3.63, 3.8) is 0 Å². The second kappa shape index (κ2) is 8.15. The highest BCUT2D eigenvalue weighted by Crippen LogP contribution is 2.27. The van der Waals surface area contributed by atoms with Crippen LogP contribution < -0.4 is 4.90 Å². The molecule has 0 bridgehead atoms. The predicted octanol–water partition coefficient (Wildman–Crippen LogP) is 3.61. The minimum Gasteiger partial charge on any atom is -0.467 e. The Morgan fingerprint density at radius 3 is 2.78 bits per heavy atom. The molecule has 0 aromatic carbocycles. The van der Waals surface area contributed by atoms with Crippen molar-refractivity contribution >= 4 is 29.5 Å². The van der Waals surface area contributed by atoms with Gasteiger partial charge in [-0.3, -0.25) is 4.57 Å². The summed E-state index contributed by atoms with van der Waals surface area (Å²) in [4.78, 5) is 2.37. The molecule has 0 unspecified atom stereocenters. The first kappa shape index (κ1) is 16.8. The summed E-state index contributed by atoms with van der Waals surface area (Å²) in [5.74, 6) is 4.91. The Balaban J connectivity index is 1.79. The van der Waals surface area contributed by atoms with Crippen LogP contribution in [-0.4, -0.2) is 45.6 Å². The fourth-order valence-electron chi connectivity index (χ4n) is 2.74. The van der Waals surface area contributed by atoms with Gasteiger partial charge in [0, 0.05) is 24.6 Å². The van der Waals surface area contributed by atoms with E-state index in [0.29, 0.717) is 6.54 Å². The highest BCUT2D eigenvalue weighted by atomic mass is 32.2. The van der Waals surface area contributed by atoms with Gasteiger partial charge in [-0.1, -0.05) is 18.7 Å². The monoisotopic (exact) mass is 352 g/mol. The van der Waals surface area contributed by atoms with Gasteiger partial charge in [0.1, 0.15) is 5.76 Å². The van der Waals surface area contributed by atoms with Crippen molar-refractivity contribution in [1.82, 2.24) is 14.8 Å². The fraction of sp³-hybridized carbons (Fsp3) is 0.625. The molecule has 5 nitrogen and oxygen atoms in total. The van der Waals surface area contributed by atoms with Crippen molar-refractivity contribution in [3.05, 3.63) is 24.2 Å². The maximum atomic E-state index is 5.54. The first-order valence-electron chi connectivity index (χ1n) is 8.10. The maximum Gasteiger partial charge on any atom is 0.228 e. The average Bonchev–Trinajstić information content (AvgIpc) is 3.20. The number of rotatable bonds is 7. The number of anilines is 1. The van der Waals surface area contributed by atoms with Gasteiger partial charge < -0.3 is 9.32 Å². The average molecular weight is 353 g/mol. The lowest BCUT2D eigenvalue weighted by Crippen LogP contribution is -2.35. The number of thioether (sulfide) groups is 2. The van der Waals surface area contributed by atoms with Crippen LogP contribution in [0.2, 0.25) is 0 Å². The molecular weight excluding hydrogens is 328 g/mol. The van der Waals surface area contributed by atoms with E-state index in [-0.39, 0.29) is 0 Å². The van der Waals surface area contributed by atoms with Crippen LogP contribution in [0.5, 0.6) is 0 Å². The normalized spacial score (nSPS) is 16.2. The lowest BCUT2D eigenvalue weighted by Gasteiger charge is -2.31. The zero-order valence-electron chi connectivity index (χ0n) is 13.8. The molecule has 0 amide bonds. The van der Waals surface area contributed by atoms with Gasteiger partial charge in [-0.05, 0) is 37.1 Å². The van der Waals surface area contributed by atoms with Crippen LogP contribution in [0, 0.1) is 5.92 Å². The number of hydrogen-bond acceptors (Lipinski definition) is 6. The minimum absolute atomic E-state index is 0.697. The fourth-order valence-corrected chi connectivity index (χ4v) is 4.33. The molecule has 0 atom stereocenters. The number of furan rings is 1. The Bertz CT molecular complexity index is 591. The molecule has 0 N–H and O–H groups in total. The number of nitrogens with zero attached hydrogens (tertiary/aromatic N) is 4. The third-order valence-corrected chi connectivity index (χ3v) is 6.02. The molecule has 0 radical (unpaired) electrons. The predicted molar refractivity (Wildman–Crippen MR) is 97.5 cm³/mol. The maximum absolute atomic E-state index is 5.54. The zero-order valence-corrected chi connectivity index (χ0v) is 15.4. The van der Waals surface area contributed by atoms with E-state index in [0.717, 1.165) is 47.4 Å². The van der Waals surface area contributed by atoms with E-state index < -0.39 is 0 Å². The molecule has 23 heavy (non-hydrogen) atoms. The lowest BCUT2D eigenvalue weighted by atomic mass is 10.00. The van der Waals surface area contributed by atoms with Crippen LogP contribution in [0.1, 0.15) is 25.5 Å². The molecule has 1 aliphatic rings. The molecule has 1 aliphatic heterocycles. The van der Waals surface area contributed by atoms with E-state index in [1.54, 1.807) is 18.0 Å². The quantitative estimate of drug-likeness (QED) is 0.560. The summed E-state index contributed by atoms with van der Waals surface area (Å²) in [5, 5.41) is 9.93. The largest absolute Gasteiger partial charge is 0.467 e. The van der Waals surface area contributed by atoms with E-state index in [9.17, 15) is 0 Å². The second-order valence-corrected chi connectivity index (χ2v) is 8.01. The van der Waals surface area contributed by atoms with Crippen molar-refractivity contribution in [1.29, 1.82) is 0 Å². The number of aromatic nitrogens is 3. The van der Waals surface area contributed by atoms with E-state index >= 15 is 0 Å². The van der Waals surface area contributed by atoms with Gasteiger partial charge in [-0.25, -0.2) is 0 Å². The van der Waals surface area contributed by atoms with Gasteiger partial charge >= 0.3 is 0 Å². The van der Waals surface area contributed by atoms with E-state index in [1.165, 1.54) is 12.8 Å². The summed E-state index contributed by atoms with van der Waals surface area (Å²) in [6.45, 7) is 5.15. The van der Waals surface area contributed by atoms with Crippen molar-refractivity contribution < 1.29 is 4.42 Å². The van der Waals surface area contributed by atoms with Crippen molar-refractivity contribution in [3.8, 4) is 0 Å². The molecule has 7 heteroatoms. The molecular formula is C16H24N4OS2. The highest BCUT2D eigenvalue weighted by Gasteiger charge is 2.23. The summed E-state index contributed by atoms with van der Waals surface area (Å²) in [6.07, 6.45) is 6.31. The van der Waals surface area contributed by atoms with E-state index in [4.69, 9.17) is 4.42 Å². The summed E-state index contributed by atoms with van der Waals surface area (Å²) < 4.78 is 7.75. The Kier molecular flexibility index (Phi) is 5.94. The molecule has 3 heterocycles. The molecule has 0 aliphatic carbocycles. The van der Waals surface area contributed by atoms with Gasteiger partial charge in [0.2, 0.25) is 5.95 Å². The SMILES string of the molecule is CSCCSc1nnc(N2CCC(C)CC2)n1Cc1ccco1. The van der Waals surface area contributed by atoms with Crippen LogP contribution in [0.25, 0.3) is 0 Å². The Hall–Kier alpha value is -1.08. The Labute approximate surface area is 146 Å². The van der Waals surface area contributed by atoms with Crippen molar-refractivity contribution in [2.75, 3.05) is 35.8 Å². The van der Waals surface area contributed by atoms with Crippen LogP contribution in [0.15, 0.2) is 28.0 Å². The Morgan fingerprint density at radius 1 is 1.26 bits per heavy atom. The molecule has 3 rings (SSSR count). The highest BCUT2D eigenvalue weighted by molar-refractivity contribution is 8.02. The molecule has 1 fully saturated rings. The smallest absolute Gasteiger partial charge is 0.228 e. The topological polar surface area (TPSA) is 47.1 Å². The first-order chi connectivity index (χ1) is 11.3. The van der Waals surface area contributed by atoms with E-state index in [1.807, 2.05) is 23.9 Å². The molecule has 2 aromatic heterocycles. The molecule has 2 aromatic rings. The standard InChI is InChI=1S/C16H24N4OS2/c1-13-5-7-19(8-6-13)15-17-18-16(23-11-10-22-2)20(15)12-14-4-3-9-21-14/h3-4,9,13H,5-8,10-12H2,1-2H3. The molecule has 1 saturated heterocycles. The van der Waals surface area contributed by atoms with Gasteiger partial charge in [0.25, 0.3) is 0 Å². The summed E-state index contributed by atoms with van der Waals surface area (Å²) in [7, 11) is 0. The first-order valence-corrected chi connectivity index (χ1v) is 10.5. The van der Waals surface area contributed by atoms with Gasteiger partial charge in [0.05, 0.1) is 12.8 Å². The third-order valence-electron chi connectivity index (χ3n) is 4.18. The van der Waals surface area contributed by atoms with Gasteiger partial charge in [0.15, 0.2) is 5.16 Å². The van der Waals surface area contributed by atoms with E-state index in [2.05, 4.69) is 32.8 Å². The Morgan fingerprint density at radius 2 is 2.09 bits per heavy atom. The lowest BCUT2D eigenvalue weighted by molar-refractivity contribution is 0.427. The summed E-state index contributed by atoms with van der Waals surface area (Å²) >= 11 is 3.64. The van der Waals surface area contributed by atoms with Crippen LogP contribution in [0.3, 0.4) is 0 Å². The third kappa shape index (κ3) is 4.26.